The maximum absolute atomic E-state index is 13.1. The first-order chi connectivity index (χ1) is 15.7. The summed E-state index contributed by atoms with van der Waals surface area (Å²) in [6, 6.07) is 15.7. The number of benzene rings is 3. The SMILES string of the molecule is O=C(c1cc(S(=O)(=O)Nc2ccc(F)cc2)ccc1Cl)N1CCN(c2ccc(O)cc2)CC1. The van der Waals surface area contributed by atoms with Crippen LogP contribution in [0.4, 0.5) is 15.8 Å². The molecule has 10 heteroatoms. The van der Waals surface area contributed by atoms with Gasteiger partial charge in [0, 0.05) is 37.6 Å². The fourth-order valence-corrected chi connectivity index (χ4v) is 4.85. The molecule has 1 saturated heterocycles. The Kier molecular flexibility index (Phi) is 6.44. The van der Waals surface area contributed by atoms with Crippen LogP contribution < -0.4 is 9.62 Å². The van der Waals surface area contributed by atoms with Gasteiger partial charge in [-0.3, -0.25) is 9.52 Å². The lowest BCUT2D eigenvalue weighted by molar-refractivity contribution is 0.0746. The normalized spacial score (nSPS) is 14.2. The molecule has 0 bridgehead atoms. The number of carbonyl (C=O) groups is 1. The summed E-state index contributed by atoms with van der Waals surface area (Å²) in [4.78, 5) is 16.7. The second-order valence-corrected chi connectivity index (χ2v) is 9.64. The van der Waals surface area contributed by atoms with Crippen molar-refractivity contribution in [2.75, 3.05) is 35.8 Å². The van der Waals surface area contributed by atoms with Gasteiger partial charge in [-0.15, -0.1) is 0 Å². The van der Waals surface area contributed by atoms with Gasteiger partial charge in [0.15, 0.2) is 0 Å². The molecule has 1 aliphatic rings. The van der Waals surface area contributed by atoms with E-state index in [2.05, 4.69) is 9.62 Å². The molecule has 0 atom stereocenters. The van der Waals surface area contributed by atoms with Crippen LogP contribution in [-0.2, 0) is 10.0 Å². The van der Waals surface area contributed by atoms with E-state index in [1.165, 1.54) is 30.3 Å². The van der Waals surface area contributed by atoms with Gasteiger partial charge in [-0.2, -0.15) is 0 Å². The molecule has 0 unspecified atom stereocenters. The molecule has 2 N–H and O–H groups in total. The smallest absolute Gasteiger partial charge is 0.261 e. The van der Waals surface area contributed by atoms with Crippen molar-refractivity contribution in [1.82, 2.24) is 4.90 Å². The van der Waals surface area contributed by atoms with Crippen molar-refractivity contribution < 1.29 is 22.7 Å². The fraction of sp³-hybridized carbons (Fsp3) is 0.174. The van der Waals surface area contributed by atoms with Gasteiger partial charge in [-0.25, -0.2) is 12.8 Å². The van der Waals surface area contributed by atoms with E-state index in [9.17, 15) is 22.7 Å². The Morgan fingerprint density at radius 1 is 0.939 bits per heavy atom. The molecule has 1 fully saturated rings. The predicted molar refractivity (Wildman–Crippen MR) is 125 cm³/mol. The number of carbonyl (C=O) groups excluding carboxylic acids is 1. The molecule has 0 aliphatic carbocycles. The van der Waals surface area contributed by atoms with Crippen LogP contribution in [0.5, 0.6) is 5.75 Å². The number of phenols is 1. The standard InChI is InChI=1S/C23H21ClFN3O4S/c24-22-10-9-20(33(31,32)26-17-3-1-16(25)2-4-17)15-21(22)23(30)28-13-11-27(12-14-28)18-5-7-19(29)8-6-18/h1-10,15,26,29H,11-14H2. The van der Waals surface area contributed by atoms with Crippen molar-refractivity contribution in [3.05, 3.63) is 83.1 Å². The van der Waals surface area contributed by atoms with Crippen LogP contribution in [0.3, 0.4) is 0 Å². The van der Waals surface area contributed by atoms with Crippen molar-refractivity contribution >= 4 is 38.9 Å². The second-order valence-electron chi connectivity index (χ2n) is 7.55. The van der Waals surface area contributed by atoms with E-state index >= 15 is 0 Å². The lowest BCUT2D eigenvalue weighted by Gasteiger charge is -2.36. The number of piperazine rings is 1. The summed E-state index contributed by atoms with van der Waals surface area (Å²) in [7, 11) is -4.01. The van der Waals surface area contributed by atoms with Crippen LogP contribution in [0.15, 0.2) is 71.6 Å². The van der Waals surface area contributed by atoms with Crippen LogP contribution in [-0.4, -0.2) is 50.5 Å². The van der Waals surface area contributed by atoms with E-state index in [4.69, 9.17) is 11.6 Å². The molecule has 7 nitrogen and oxygen atoms in total. The summed E-state index contributed by atoms with van der Waals surface area (Å²) in [5.74, 6) is -0.655. The lowest BCUT2D eigenvalue weighted by atomic mass is 10.1. The Bertz CT molecular complexity index is 1260. The zero-order valence-electron chi connectivity index (χ0n) is 17.4. The van der Waals surface area contributed by atoms with Crippen LogP contribution >= 0.6 is 11.6 Å². The fourth-order valence-electron chi connectivity index (χ4n) is 3.57. The quantitative estimate of drug-likeness (QED) is 0.566. The first kappa shape index (κ1) is 22.9. The monoisotopic (exact) mass is 489 g/mol. The van der Waals surface area contributed by atoms with Crippen molar-refractivity contribution in [2.24, 2.45) is 0 Å². The third-order valence-corrected chi connectivity index (χ3v) is 7.07. The minimum absolute atomic E-state index is 0.0942. The number of nitrogens with zero attached hydrogens (tertiary/aromatic N) is 2. The minimum atomic E-state index is -4.01. The molecular formula is C23H21ClFN3O4S. The summed E-state index contributed by atoms with van der Waals surface area (Å²) in [5.41, 5.74) is 1.24. The van der Waals surface area contributed by atoms with Crippen LogP contribution in [0.1, 0.15) is 10.4 Å². The molecule has 1 aliphatic heterocycles. The van der Waals surface area contributed by atoms with E-state index < -0.39 is 15.8 Å². The van der Waals surface area contributed by atoms with Crippen LogP contribution in [0, 0.1) is 5.82 Å². The van der Waals surface area contributed by atoms with E-state index in [0.29, 0.717) is 26.2 Å². The van der Waals surface area contributed by atoms with E-state index in [1.807, 2.05) is 12.1 Å². The molecule has 3 aromatic carbocycles. The van der Waals surface area contributed by atoms with Gasteiger partial charge in [0.25, 0.3) is 15.9 Å². The maximum atomic E-state index is 13.1. The molecule has 33 heavy (non-hydrogen) atoms. The second kappa shape index (κ2) is 9.29. The molecule has 1 heterocycles. The number of sulfonamides is 1. The number of nitrogens with one attached hydrogen (secondary N) is 1. The molecule has 3 aromatic rings. The van der Waals surface area contributed by atoms with E-state index in [-0.39, 0.29) is 32.8 Å². The topological polar surface area (TPSA) is 90.0 Å². The third kappa shape index (κ3) is 5.20. The van der Waals surface area contributed by atoms with Crippen molar-refractivity contribution in [3.8, 4) is 5.75 Å². The number of rotatable bonds is 5. The summed E-state index contributed by atoms with van der Waals surface area (Å²) in [6.45, 7) is 2.03. The highest BCUT2D eigenvalue weighted by atomic mass is 35.5. The van der Waals surface area contributed by atoms with Crippen LogP contribution in [0.25, 0.3) is 0 Å². The summed E-state index contributed by atoms with van der Waals surface area (Å²) < 4.78 is 41.0. The maximum Gasteiger partial charge on any atom is 0.261 e. The lowest BCUT2D eigenvalue weighted by Crippen LogP contribution is -2.48. The van der Waals surface area contributed by atoms with Gasteiger partial charge in [-0.05, 0) is 66.7 Å². The first-order valence-corrected chi connectivity index (χ1v) is 12.0. The number of hydrogen-bond donors (Lipinski definition) is 2. The Labute approximate surface area is 196 Å². The van der Waals surface area contributed by atoms with Gasteiger partial charge in [0.05, 0.1) is 15.5 Å². The molecule has 1 amide bonds. The van der Waals surface area contributed by atoms with Gasteiger partial charge in [0.1, 0.15) is 11.6 Å². The summed E-state index contributed by atoms with van der Waals surface area (Å²) in [6.07, 6.45) is 0. The molecular weight excluding hydrogens is 469 g/mol. The summed E-state index contributed by atoms with van der Waals surface area (Å²) in [5, 5.41) is 9.60. The molecule has 0 spiro atoms. The number of anilines is 2. The van der Waals surface area contributed by atoms with Crippen molar-refractivity contribution in [1.29, 1.82) is 0 Å². The van der Waals surface area contributed by atoms with Crippen molar-refractivity contribution in [2.45, 2.75) is 4.90 Å². The molecule has 0 radical (unpaired) electrons. The molecule has 172 valence electrons. The zero-order chi connectivity index (χ0) is 23.6. The average Bonchev–Trinajstić information content (AvgIpc) is 2.81. The average molecular weight is 490 g/mol. The largest absolute Gasteiger partial charge is 0.508 e. The molecule has 4 rings (SSSR count). The number of phenolic OH excluding ortho intramolecular Hbond substituents is 1. The van der Waals surface area contributed by atoms with Gasteiger partial charge < -0.3 is 14.9 Å². The number of halogens is 2. The Morgan fingerprint density at radius 3 is 2.21 bits per heavy atom. The van der Waals surface area contributed by atoms with E-state index in [1.54, 1.807) is 17.0 Å². The highest BCUT2D eigenvalue weighted by Crippen LogP contribution is 2.25. The number of amides is 1. The highest BCUT2D eigenvalue weighted by molar-refractivity contribution is 7.92. The molecule has 0 saturated carbocycles. The van der Waals surface area contributed by atoms with E-state index in [0.717, 1.165) is 17.8 Å². The predicted octanol–water partition coefficient (Wildman–Crippen LogP) is 3.95. The summed E-state index contributed by atoms with van der Waals surface area (Å²) >= 11 is 6.24. The van der Waals surface area contributed by atoms with Crippen molar-refractivity contribution in [3.63, 3.8) is 0 Å². The van der Waals surface area contributed by atoms with Crippen LogP contribution in [0.2, 0.25) is 5.02 Å². The Hall–Kier alpha value is -3.30. The van der Waals surface area contributed by atoms with Gasteiger partial charge in [-0.1, -0.05) is 11.6 Å². The number of aromatic hydroxyl groups is 1. The third-order valence-electron chi connectivity index (χ3n) is 5.36. The zero-order valence-corrected chi connectivity index (χ0v) is 19.0. The first-order valence-electron chi connectivity index (χ1n) is 10.1. The minimum Gasteiger partial charge on any atom is -0.508 e. The number of hydrogen-bond acceptors (Lipinski definition) is 5. The van der Waals surface area contributed by atoms with Gasteiger partial charge in [0.2, 0.25) is 0 Å². The van der Waals surface area contributed by atoms with Gasteiger partial charge >= 0.3 is 0 Å². The highest BCUT2D eigenvalue weighted by Gasteiger charge is 2.26. The Balaban J connectivity index is 1.48. The Morgan fingerprint density at radius 2 is 1.58 bits per heavy atom. The molecule has 0 aromatic heterocycles.